The van der Waals surface area contributed by atoms with E-state index in [2.05, 4.69) is 22.5 Å². The molecule has 0 saturated heterocycles. The highest BCUT2D eigenvalue weighted by Crippen LogP contribution is 2.21. The number of aromatic amines is 1. The second-order valence-corrected chi connectivity index (χ2v) is 10.3. The molecule has 2 atom stereocenters. The van der Waals surface area contributed by atoms with Crippen LogP contribution in [0.4, 0.5) is 0 Å². The van der Waals surface area contributed by atoms with Crippen molar-refractivity contribution in [2.45, 2.75) is 97.1 Å². The molecule has 35 heavy (non-hydrogen) atoms. The molecule has 0 radical (unpaired) electrons. The van der Waals surface area contributed by atoms with Crippen LogP contribution in [-0.4, -0.2) is 41.5 Å². The van der Waals surface area contributed by atoms with Gasteiger partial charge < -0.3 is 20.4 Å². The summed E-state index contributed by atoms with van der Waals surface area (Å²) in [6, 6.07) is 7.13. The number of rotatable bonds is 14. The number of esters is 1. The molecule has 1 aromatic carbocycles. The lowest BCUT2D eigenvalue weighted by molar-refractivity contribution is -0.157. The summed E-state index contributed by atoms with van der Waals surface area (Å²) in [5.41, 5.74) is 1.32. The molecule has 7 nitrogen and oxygen atoms in total. The third-order valence-electron chi connectivity index (χ3n) is 6.09. The van der Waals surface area contributed by atoms with Gasteiger partial charge in [0.15, 0.2) is 0 Å². The van der Waals surface area contributed by atoms with E-state index in [0.717, 1.165) is 35.7 Å². The van der Waals surface area contributed by atoms with Crippen LogP contribution in [0.3, 0.4) is 0 Å². The summed E-state index contributed by atoms with van der Waals surface area (Å²) in [4.78, 5) is 41.8. The number of amides is 2. The number of para-hydroxylation sites is 1. The van der Waals surface area contributed by atoms with Crippen LogP contribution in [0.2, 0.25) is 0 Å². The van der Waals surface area contributed by atoms with Crippen molar-refractivity contribution in [3.8, 4) is 0 Å². The Morgan fingerprint density at radius 1 is 1.00 bits per heavy atom. The number of hydrogen-bond acceptors (Lipinski definition) is 4. The largest absolute Gasteiger partial charge is 0.460 e. The molecule has 0 unspecified atom stereocenters. The predicted octanol–water partition coefficient (Wildman–Crippen LogP) is 5.04. The second kappa shape index (κ2) is 13.9. The molecule has 194 valence electrons. The Labute approximate surface area is 209 Å². The first-order chi connectivity index (χ1) is 16.6. The number of carbonyl (C=O) groups excluding carboxylic acids is 3. The third kappa shape index (κ3) is 9.74. The number of fused-ring (bicyclic) bond motifs is 1. The van der Waals surface area contributed by atoms with Crippen molar-refractivity contribution < 1.29 is 19.1 Å². The van der Waals surface area contributed by atoms with Crippen LogP contribution in [0.1, 0.15) is 84.6 Å². The van der Waals surface area contributed by atoms with Crippen molar-refractivity contribution in [1.29, 1.82) is 0 Å². The van der Waals surface area contributed by atoms with Crippen molar-refractivity contribution in [1.82, 2.24) is 15.6 Å². The van der Waals surface area contributed by atoms with Gasteiger partial charge in [0.05, 0.1) is 6.42 Å². The van der Waals surface area contributed by atoms with E-state index in [-0.39, 0.29) is 18.2 Å². The van der Waals surface area contributed by atoms with Gasteiger partial charge in [-0.1, -0.05) is 63.6 Å². The minimum absolute atomic E-state index is 0.00557. The highest BCUT2D eigenvalue weighted by atomic mass is 16.6. The highest BCUT2D eigenvalue weighted by molar-refractivity contribution is 5.91. The van der Waals surface area contributed by atoms with Crippen LogP contribution in [0.25, 0.3) is 10.9 Å². The number of H-pyrrole nitrogens is 1. The van der Waals surface area contributed by atoms with Crippen LogP contribution in [0, 0.1) is 5.92 Å². The number of likely N-dealkylation sites (N-methyl/N-ethyl adjacent to an activating group) is 1. The molecule has 2 aromatic rings. The molecule has 7 heteroatoms. The van der Waals surface area contributed by atoms with Crippen LogP contribution < -0.4 is 10.6 Å². The van der Waals surface area contributed by atoms with Crippen molar-refractivity contribution in [3.63, 3.8) is 0 Å². The minimum atomic E-state index is -0.739. The molecule has 0 bridgehead atoms. The minimum Gasteiger partial charge on any atom is -0.460 e. The smallest absolute Gasteiger partial charge is 0.307 e. The monoisotopic (exact) mass is 485 g/mol. The number of ether oxygens (including phenoxy) is 1. The van der Waals surface area contributed by atoms with E-state index >= 15 is 0 Å². The second-order valence-electron chi connectivity index (χ2n) is 10.3. The Balaban J connectivity index is 2.10. The third-order valence-corrected chi connectivity index (χ3v) is 6.09. The van der Waals surface area contributed by atoms with E-state index in [1.807, 2.05) is 51.2 Å². The molecule has 0 saturated carbocycles. The van der Waals surface area contributed by atoms with Gasteiger partial charge in [-0.15, -0.1) is 0 Å². The first-order valence-corrected chi connectivity index (χ1v) is 12.9. The molecule has 0 spiro atoms. The molecule has 0 aliphatic carbocycles. The van der Waals surface area contributed by atoms with E-state index < -0.39 is 23.5 Å². The zero-order valence-electron chi connectivity index (χ0n) is 22.0. The number of nitrogens with one attached hydrogen (secondary N) is 3. The van der Waals surface area contributed by atoms with Gasteiger partial charge in [-0.05, 0) is 38.8 Å². The Morgan fingerprint density at radius 3 is 2.37 bits per heavy atom. The van der Waals surface area contributed by atoms with E-state index in [1.165, 1.54) is 19.3 Å². The molecule has 2 rings (SSSR count). The quantitative estimate of drug-likeness (QED) is 0.258. The van der Waals surface area contributed by atoms with Crippen LogP contribution in [0.15, 0.2) is 30.5 Å². The fraction of sp³-hybridized carbons (Fsp3) is 0.607. The Kier molecular flexibility index (Phi) is 11.3. The van der Waals surface area contributed by atoms with E-state index in [4.69, 9.17) is 4.74 Å². The van der Waals surface area contributed by atoms with Gasteiger partial charge in [-0.25, -0.2) is 0 Å². The van der Waals surface area contributed by atoms with Gasteiger partial charge in [0.1, 0.15) is 11.6 Å². The lowest BCUT2D eigenvalue weighted by atomic mass is 9.95. The number of unbranched alkanes of at least 4 members (excludes halogenated alkanes) is 5. The first kappa shape index (κ1) is 28.4. The Hall–Kier alpha value is -2.83. The maximum absolute atomic E-state index is 13.3. The number of hydrogen-bond donors (Lipinski definition) is 3. The van der Waals surface area contributed by atoms with Crippen LogP contribution in [-0.2, 0) is 25.5 Å². The molecular formula is C28H43N3O4. The average Bonchev–Trinajstić information content (AvgIpc) is 3.21. The summed E-state index contributed by atoms with van der Waals surface area (Å²) in [5, 5.41) is 6.61. The summed E-state index contributed by atoms with van der Waals surface area (Å²) < 4.78 is 5.48. The van der Waals surface area contributed by atoms with Gasteiger partial charge in [0, 0.05) is 36.5 Å². The molecule has 3 N–H and O–H groups in total. The summed E-state index contributed by atoms with van der Waals surface area (Å²) >= 11 is 0. The lowest BCUT2D eigenvalue weighted by Crippen LogP contribution is -2.49. The molecule has 0 fully saturated rings. The van der Waals surface area contributed by atoms with Gasteiger partial charge >= 0.3 is 5.97 Å². The van der Waals surface area contributed by atoms with Gasteiger partial charge in [-0.3, -0.25) is 14.4 Å². The lowest BCUT2D eigenvalue weighted by Gasteiger charge is -2.24. The fourth-order valence-electron chi connectivity index (χ4n) is 4.27. The fourth-order valence-corrected chi connectivity index (χ4v) is 4.27. The van der Waals surface area contributed by atoms with Gasteiger partial charge in [0.2, 0.25) is 11.8 Å². The average molecular weight is 486 g/mol. The van der Waals surface area contributed by atoms with Crippen molar-refractivity contribution >= 4 is 28.7 Å². The van der Waals surface area contributed by atoms with E-state index in [1.54, 1.807) is 7.05 Å². The summed E-state index contributed by atoms with van der Waals surface area (Å²) in [6.45, 7) is 7.63. The SMILES string of the molecule is CCCCCCCC[C@H](CC(=O)OC(C)(C)C)C(=O)N[C@@H](Cc1c[nH]c2ccccc12)C(=O)NC. The first-order valence-electron chi connectivity index (χ1n) is 12.9. The topological polar surface area (TPSA) is 100 Å². The Morgan fingerprint density at radius 2 is 1.69 bits per heavy atom. The van der Waals surface area contributed by atoms with Crippen molar-refractivity contribution in [2.24, 2.45) is 5.92 Å². The highest BCUT2D eigenvalue weighted by Gasteiger charge is 2.29. The molecule has 2 amide bonds. The zero-order chi connectivity index (χ0) is 25.8. The van der Waals surface area contributed by atoms with Gasteiger partial charge in [0.25, 0.3) is 0 Å². The molecule has 0 aliphatic heterocycles. The zero-order valence-corrected chi connectivity index (χ0v) is 22.0. The summed E-state index contributed by atoms with van der Waals surface area (Å²) in [5.74, 6) is -1.47. The maximum atomic E-state index is 13.3. The summed E-state index contributed by atoms with van der Waals surface area (Å²) in [6.07, 6.45) is 9.40. The van der Waals surface area contributed by atoms with E-state index in [9.17, 15) is 14.4 Å². The maximum Gasteiger partial charge on any atom is 0.307 e. The number of benzene rings is 1. The van der Waals surface area contributed by atoms with Crippen molar-refractivity contribution in [3.05, 3.63) is 36.0 Å². The molecule has 1 heterocycles. The standard InChI is InChI=1S/C28H43N3O4/c1-6-7-8-9-10-11-14-20(18-25(32)35-28(2,3)4)26(33)31-24(27(34)29-5)17-21-19-30-23-16-13-12-15-22(21)23/h12-13,15-16,19-20,24,30H,6-11,14,17-18H2,1-5H3,(H,29,34)(H,31,33)/t20-,24+/m1/s1. The number of carbonyl (C=O) groups is 3. The van der Waals surface area contributed by atoms with Gasteiger partial charge in [-0.2, -0.15) is 0 Å². The molecule has 0 aliphatic rings. The summed E-state index contributed by atoms with van der Waals surface area (Å²) in [7, 11) is 1.56. The molecular weight excluding hydrogens is 442 g/mol. The molecule has 1 aromatic heterocycles. The Bertz CT molecular complexity index is 961. The predicted molar refractivity (Wildman–Crippen MR) is 140 cm³/mol. The number of aromatic nitrogens is 1. The normalized spacial score (nSPS) is 13.3. The van der Waals surface area contributed by atoms with Crippen LogP contribution >= 0.6 is 0 Å². The van der Waals surface area contributed by atoms with E-state index in [0.29, 0.717) is 12.8 Å². The van der Waals surface area contributed by atoms with Crippen molar-refractivity contribution in [2.75, 3.05) is 7.05 Å². The van der Waals surface area contributed by atoms with Crippen LogP contribution in [0.5, 0.6) is 0 Å².